The predicted octanol–water partition coefficient (Wildman–Crippen LogP) is 2.84. The molecule has 0 amide bonds. The van der Waals surface area contributed by atoms with Gasteiger partial charge in [-0.25, -0.2) is 4.79 Å². The standard InChI is InChI=1S/C14H13BrN2O5/c1-9(8-21-2)22-14(18)11(7-16)5-10-3-4-12(15)13(6-10)17(19)20/h3-6,9H,8H2,1-2H3/b11-5+/t9-/m0/s1. The molecule has 1 rings (SSSR count). The molecule has 8 heteroatoms. The molecule has 0 aromatic heterocycles. The molecule has 0 heterocycles. The molecular formula is C14H13BrN2O5. The molecule has 0 bridgehead atoms. The molecule has 116 valence electrons. The van der Waals surface area contributed by atoms with E-state index in [1.807, 2.05) is 0 Å². The predicted molar refractivity (Wildman–Crippen MR) is 81.8 cm³/mol. The molecule has 0 unspecified atom stereocenters. The van der Waals surface area contributed by atoms with Crippen LogP contribution in [0.25, 0.3) is 6.08 Å². The number of esters is 1. The van der Waals surface area contributed by atoms with Gasteiger partial charge in [0, 0.05) is 13.2 Å². The number of nitro benzene ring substituents is 1. The van der Waals surface area contributed by atoms with E-state index in [1.54, 1.807) is 19.1 Å². The molecule has 0 saturated heterocycles. The molecule has 0 N–H and O–H groups in total. The number of hydrogen-bond acceptors (Lipinski definition) is 6. The Morgan fingerprint density at radius 1 is 1.59 bits per heavy atom. The summed E-state index contributed by atoms with van der Waals surface area (Å²) in [5.41, 5.74) is -0.0606. The van der Waals surface area contributed by atoms with Gasteiger partial charge in [0.05, 0.1) is 16.0 Å². The molecule has 0 aliphatic rings. The van der Waals surface area contributed by atoms with Gasteiger partial charge in [0.1, 0.15) is 17.7 Å². The van der Waals surface area contributed by atoms with Gasteiger partial charge in [0.15, 0.2) is 0 Å². The van der Waals surface area contributed by atoms with Crippen LogP contribution < -0.4 is 0 Å². The summed E-state index contributed by atoms with van der Waals surface area (Å²) in [5, 5.41) is 19.9. The number of nitriles is 1. The number of rotatable bonds is 6. The van der Waals surface area contributed by atoms with Crippen LogP contribution in [0.4, 0.5) is 5.69 Å². The third-order valence-electron chi connectivity index (χ3n) is 2.53. The van der Waals surface area contributed by atoms with E-state index in [9.17, 15) is 14.9 Å². The largest absolute Gasteiger partial charge is 0.456 e. The van der Waals surface area contributed by atoms with E-state index in [1.165, 1.54) is 25.3 Å². The van der Waals surface area contributed by atoms with Crippen molar-refractivity contribution in [3.63, 3.8) is 0 Å². The monoisotopic (exact) mass is 368 g/mol. The fourth-order valence-electron chi connectivity index (χ4n) is 1.58. The number of carbonyl (C=O) groups excluding carboxylic acids is 1. The zero-order chi connectivity index (χ0) is 16.7. The summed E-state index contributed by atoms with van der Waals surface area (Å²) in [6, 6.07) is 5.99. The van der Waals surface area contributed by atoms with Gasteiger partial charge in [-0.05, 0) is 40.6 Å². The summed E-state index contributed by atoms with van der Waals surface area (Å²) in [6.45, 7) is 1.83. The Labute approximate surface area is 135 Å². The third kappa shape index (κ3) is 4.95. The first-order valence-electron chi connectivity index (χ1n) is 6.14. The SMILES string of the molecule is COC[C@H](C)OC(=O)/C(C#N)=C/c1ccc(Br)c([N+](=O)[O-])c1. The minimum atomic E-state index is -0.808. The third-order valence-corrected chi connectivity index (χ3v) is 3.20. The van der Waals surface area contributed by atoms with E-state index in [-0.39, 0.29) is 17.9 Å². The molecule has 1 aromatic rings. The highest BCUT2D eigenvalue weighted by Crippen LogP contribution is 2.26. The van der Waals surface area contributed by atoms with Gasteiger partial charge >= 0.3 is 5.97 Å². The number of nitro groups is 1. The summed E-state index contributed by atoms with van der Waals surface area (Å²) in [7, 11) is 1.46. The van der Waals surface area contributed by atoms with Crippen LogP contribution in [-0.2, 0) is 14.3 Å². The first-order valence-corrected chi connectivity index (χ1v) is 6.94. The smallest absolute Gasteiger partial charge is 0.349 e. The number of ether oxygens (including phenoxy) is 2. The fraction of sp³-hybridized carbons (Fsp3) is 0.286. The lowest BCUT2D eigenvalue weighted by Crippen LogP contribution is -2.20. The fourth-order valence-corrected chi connectivity index (χ4v) is 1.97. The maximum atomic E-state index is 11.8. The Bertz CT molecular complexity index is 651. The Kier molecular flexibility index (Phi) is 6.69. The van der Waals surface area contributed by atoms with E-state index >= 15 is 0 Å². The lowest BCUT2D eigenvalue weighted by Gasteiger charge is -2.11. The second-order valence-corrected chi connectivity index (χ2v) is 5.16. The molecule has 0 aliphatic heterocycles. The van der Waals surface area contributed by atoms with Crippen LogP contribution in [0, 0.1) is 21.4 Å². The lowest BCUT2D eigenvalue weighted by atomic mass is 10.1. The summed E-state index contributed by atoms with van der Waals surface area (Å²) >= 11 is 3.06. The van der Waals surface area contributed by atoms with Crippen molar-refractivity contribution in [1.29, 1.82) is 5.26 Å². The molecule has 1 atom stereocenters. The Hall–Kier alpha value is -2.24. The highest BCUT2D eigenvalue weighted by molar-refractivity contribution is 9.10. The molecule has 0 radical (unpaired) electrons. The van der Waals surface area contributed by atoms with Crippen molar-refractivity contribution in [2.75, 3.05) is 13.7 Å². The van der Waals surface area contributed by atoms with E-state index in [0.717, 1.165) is 0 Å². The van der Waals surface area contributed by atoms with Crippen LogP contribution in [0.1, 0.15) is 12.5 Å². The summed E-state index contributed by atoms with van der Waals surface area (Å²) < 4.78 is 10.2. The van der Waals surface area contributed by atoms with Crippen molar-refractivity contribution < 1.29 is 19.2 Å². The van der Waals surface area contributed by atoms with Gasteiger partial charge in [-0.1, -0.05) is 6.07 Å². The Morgan fingerprint density at radius 2 is 2.27 bits per heavy atom. The number of nitrogens with zero attached hydrogens (tertiary/aromatic N) is 2. The van der Waals surface area contributed by atoms with Crippen molar-refractivity contribution in [2.24, 2.45) is 0 Å². The normalized spacial score (nSPS) is 12.4. The second-order valence-electron chi connectivity index (χ2n) is 4.31. The Morgan fingerprint density at radius 3 is 2.82 bits per heavy atom. The van der Waals surface area contributed by atoms with Gasteiger partial charge < -0.3 is 9.47 Å². The van der Waals surface area contributed by atoms with Gasteiger partial charge in [-0.3, -0.25) is 10.1 Å². The zero-order valence-electron chi connectivity index (χ0n) is 11.9. The molecule has 0 saturated carbocycles. The van der Waals surface area contributed by atoms with Crippen LogP contribution in [0.5, 0.6) is 0 Å². The molecular weight excluding hydrogens is 356 g/mol. The van der Waals surface area contributed by atoms with Gasteiger partial charge in [-0.15, -0.1) is 0 Å². The average Bonchev–Trinajstić information content (AvgIpc) is 2.45. The van der Waals surface area contributed by atoms with Crippen LogP contribution in [0.3, 0.4) is 0 Å². The maximum Gasteiger partial charge on any atom is 0.349 e. The van der Waals surface area contributed by atoms with Gasteiger partial charge in [0.2, 0.25) is 0 Å². The van der Waals surface area contributed by atoms with Crippen molar-refractivity contribution in [2.45, 2.75) is 13.0 Å². The van der Waals surface area contributed by atoms with E-state index in [4.69, 9.17) is 14.7 Å². The first-order chi connectivity index (χ1) is 10.4. The first kappa shape index (κ1) is 17.8. The van der Waals surface area contributed by atoms with Crippen molar-refractivity contribution in [1.82, 2.24) is 0 Å². The van der Waals surface area contributed by atoms with Crippen molar-refractivity contribution in [3.8, 4) is 6.07 Å². The van der Waals surface area contributed by atoms with Gasteiger partial charge in [0.25, 0.3) is 5.69 Å². The Balaban J connectivity index is 3.03. The molecule has 0 fully saturated rings. The number of halogens is 1. The summed E-state index contributed by atoms with van der Waals surface area (Å²) in [6.07, 6.45) is 0.731. The molecule has 7 nitrogen and oxygen atoms in total. The zero-order valence-corrected chi connectivity index (χ0v) is 13.5. The second kappa shape index (κ2) is 8.26. The molecule has 0 aliphatic carbocycles. The van der Waals surface area contributed by atoms with E-state index in [2.05, 4.69) is 15.9 Å². The van der Waals surface area contributed by atoms with Crippen LogP contribution in [0.15, 0.2) is 28.2 Å². The van der Waals surface area contributed by atoms with Crippen LogP contribution in [0.2, 0.25) is 0 Å². The van der Waals surface area contributed by atoms with Crippen LogP contribution in [-0.4, -0.2) is 30.7 Å². The van der Waals surface area contributed by atoms with Crippen molar-refractivity contribution in [3.05, 3.63) is 43.9 Å². The average molecular weight is 369 g/mol. The molecule has 1 aromatic carbocycles. The quantitative estimate of drug-likeness (QED) is 0.251. The molecule has 22 heavy (non-hydrogen) atoms. The minimum Gasteiger partial charge on any atom is -0.456 e. The van der Waals surface area contributed by atoms with Gasteiger partial charge in [-0.2, -0.15) is 5.26 Å². The number of benzene rings is 1. The summed E-state index contributed by atoms with van der Waals surface area (Å²) in [4.78, 5) is 22.1. The highest BCUT2D eigenvalue weighted by atomic mass is 79.9. The number of carbonyl (C=O) groups is 1. The molecule has 0 spiro atoms. The summed E-state index contributed by atoms with van der Waals surface area (Å²) in [5.74, 6) is -0.808. The minimum absolute atomic E-state index is 0.160. The number of methoxy groups -OCH3 is 1. The maximum absolute atomic E-state index is 11.8. The van der Waals surface area contributed by atoms with Crippen molar-refractivity contribution >= 4 is 33.7 Å². The lowest BCUT2D eigenvalue weighted by molar-refractivity contribution is -0.385. The number of hydrogen-bond donors (Lipinski definition) is 0. The van der Waals surface area contributed by atoms with E-state index < -0.39 is 17.0 Å². The highest BCUT2D eigenvalue weighted by Gasteiger charge is 2.16. The topological polar surface area (TPSA) is 102 Å². The van der Waals surface area contributed by atoms with Crippen LogP contribution >= 0.6 is 15.9 Å². The van der Waals surface area contributed by atoms with E-state index in [0.29, 0.717) is 10.0 Å².